The van der Waals surface area contributed by atoms with Crippen LogP contribution in [-0.2, 0) is 20.2 Å². The minimum atomic E-state index is -3.92. The average molecular weight is 526 g/mol. The Labute approximate surface area is 213 Å². The Hall–Kier alpha value is -3.93. The van der Waals surface area contributed by atoms with Gasteiger partial charge >= 0.3 is 7.60 Å². The van der Waals surface area contributed by atoms with Crippen molar-refractivity contribution in [1.82, 2.24) is 40.5 Å². The van der Waals surface area contributed by atoms with Crippen LogP contribution in [0.3, 0.4) is 0 Å². The maximum absolute atomic E-state index is 13.8. The van der Waals surface area contributed by atoms with Crippen molar-refractivity contribution in [2.45, 2.75) is 26.3 Å². The summed E-state index contributed by atoms with van der Waals surface area (Å²) in [6, 6.07) is 15.8. The van der Waals surface area contributed by atoms with E-state index in [4.69, 9.17) is 13.8 Å². The molecule has 0 spiro atoms. The molecule has 1 unspecified atom stereocenters. The number of ether oxygens (including phenoxy) is 1. The highest BCUT2D eigenvalue weighted by atomic mass is 31.2. The average Bonchev–Trinajstić information content (AvgIpc) is 3.58. The van der Waals surface area contributed by atoms with E-state index in [1.54, 1.807) is 63.4 Å². The summed E-state index contributed by atoms with van der Waals surface area (Å²) < 4.78 is 31.4. The second-order valence-corrected chi connectivity index (χ2v) is 9.72. The number of rotatable bonds is 12. The van der Waals surface area contributed by atoms with Crippen molar-refractivity contribution in [1.29, 1.82) is 0 Å². The standard InChI is InChI=1S/C23H27N8O5P/c1-4-35-37(33,36-5-2)23(25-22(32)18-9-7-6-8-10-18)31-19(15-24-28-31)16-30-27-21(26-29-30)17-11-13-20(34-3)14-12-17/h6-15,23H,4-5,16H2,1-3H3,(H,25,32). The molecule has 0 aliphatic heterocycles. The van der Waals surface area contributed by atoms with Gasteiger partial charge in [-0.25, -0.2) is 4.68 Å². The van der Waals surface area contributed by atoms with Gasteiger partial charge in [0.1, 0.15) is 12.3 Å². The van der Waals surface area contributed by atoms with Crippen LogP contribution in [0.5, 0.6) is 5.75 Å². The molecule has 0 aliphatic rings. The molecule has 4 aromatic rings. The fraction of sp³-hybridized carbons (Fsp3) is 0.304. The Balaban J connectivity index is 1.63. The molecule has 1 N–H and O–H groups in total. The van der Waals surface area contributed by atoms with Gasteiger partial charge in [0.15, 0.2) is 0 Å². The molecule has 0 radical (unpaired) electrons. The predicted octanol–water partition coefficient (Wildman–Crippen LogP) is 3.14. The van der Waals surface area contributed by atoms with Crippen LogP contribution in [0.4, 0.5) is 0 Å². The number of nitrogens with one attached hydrogen (secondary N) is 1. The zero-order valence-electron chi connectivity index (χ0n) is 20.6. The van der Waals surface area contributed by atoms with Crippen molar-refractivity contribution in [3.63, 3.8) is 0 Å². The maximum atomic E-state index is 13.8. The number of aromatic nitrogens is 7. The molecule has 2 aromatic heterocycles. The molecule has 0 saturated carbocycles. The van der Waals surface area contributed by atoms with Gasteiger partial charge in [0.2, 0.25) is 11.7 Å². The van der Waals surface area contributed by atoms with E-state index < -0.39 is 19.4 Å². The summed E-state index contributed by atoms with van der Waals surface area (Å²) in [5.41, 5.74) is 1.57. The minimum absolute atomic E-state index is 0.0755. The first-order valence-corrected chi connectivity index (χ1v) is 13.1. The first-order valence-electron chi connectivity index (χ1n) is 11.5. The largest absolute Gasteiger partial charge is 0.497 e. The molecule has 1 atom stereocenters. The van der Waals surface area contributed by atoms with Gasteiger partial charge in [-0.1, -0.05) is 23.4 Å². The zero-order valence-corrected chi connectivity index (χ0v) is 21.5. The monoisotopic (exact) mass is 526 g/mol. The van der Waals surface area contributed by atoms with Crippen molar-refractivity contribution < 1.29 is 23.1 Å². The summed E-state index contributed by atoms with van der Waals surface area (Å²) in [6.45, 7) is 3.63. The Morgan fingerprint density at radius 3 is 2.38 bits per heavy atom. The van der Waals surface area contributed by atoms with Crippen molar-refractivity contribution in [3.8, 4) is 17.1 Å². The van der Waals surface area contributed by atoms with Gasteiger partial charge in [0.05, 0.1) is 32.2 Å². The third-order valence-corrected chi connectivity index (χ3v) is 7.38. The van der Waals surface area contributed by atoms with Crippen molar-refractivity contribution in [2.24, 2.45) is 0 Å². The number of nitrogens with zero attached hydrogens (tertiary/aromatic N) is 7. The van der Waals surface area contributed by atoms with Crippen molar-refractivity contribution >= 4 is 13.5 Å². The Kier molecular flexibility index (Phi) is 8.39. The van der Waals surface area contributed by atoms with Gasteiger partial charge < -0.3 is 19.1 Å². The fourth-order valence-electron chi connectivity index (χ4n) is 3.50. The second-order valence-electron chi connectivity index (χ2n) is 7.63. The van der Waals surface area contributed by atoms with Gasteiger partial charge in [0.25, 0.3) is 5.91 Å². The number of carbonyl (C=O) groups is 1. The molecule has 4 rings (SSSR count). The number of hydrogen-bond acceptors (Lipinski definition) is 10. The molecule has 0 bridgehead atoms. The van der Waals surface area contributed by atoms with Crippen LogP contribution in [0.25, 0.3) is 11.4 Å². The molecular formula is C23H27N8O5P. The second kappa shape index (κ2) is 11.9. The number of benzene rings is 2. The highest BCUT2D eigenvalue weighted by Gasteiger charge is 2.40. The SMILES string of the molecule is CCOP(=O)(OCC)C(NC(=O)c1ccccc1)n1nncc1Cn1nnc(-c2ccc(OC)cc2)n1. The lowest BCUT2D eigenvalue weighted by Crippen LogP contribution is -2.35. The molecule has 13 nitrogen and oxygen atoms in total. The molecule has 0 fully saturated rings. The lowest BCUT2D eigenvalue weighted by Gasteiger charge is -2.27. The lowest BCUT2D eigenvalue weighted by atomic mass is 10.2. The zero-order chi connectivity index (χ0) is 26.3. The van der Waals surface area contributed by atoms with Crippen LogP contribution in [0.15, 0.2) is 60.8 Å². The number of methoxy groups -OCH3 is 1. The number of hydrogen-bond donors (Lipinski definition) is 1. The molecule has 37 heavy (non-hydrogen) atoms. The number of tetrazole rings is 1. The summed E-state index contributed by atoms with van der Waals surface area (Å²) in [6.07, 6.45) is 1.46. The summed E-state index contributed by atoms with van der Waals surface area (Å²) in [7, 11) is -2.33. The van der Waals surface area contributed by atoms with Crippen LogP contribution in [0.2, 0.25) is 0 Å². The first-order chi connectivity index (χ1) is 18.0. The maximum Gasteiger partial charge on any atom is 0.375 e. The summed E-state index contributed by atoms with van der Waals surface area (Å²) in [4.78, 5) is 14.4. The van der Waals surface area contributed by atoms with Crippen molar-refractivity contribution in [2.75, 3.05) is 20.3 Å². The van der Waals surface area contributed by atoms with Crippen LogP contribution in [0.1, 0.15) is 35.8 Å². The molecule has 2 heterocycles. The van der Waals surface area contributed by atoms with E-state index in [-0.39, 0.29) is 19.8 Å². The minimum Gasteiger partial charge on any atom is -0.497 e. The van der Waals surface area contributed by atoms with Crippen LogP contribution in [-0.4, -0.2) is 61.4 Å². The summed E-state index contributed by atoms with van der Waals surface area (Å²) in [5, 5.41) is 23.4. The normalized spacial score (nSPS) is 12.3. The van der Waals surface area contributed by atoms with E-state index in [1.807, 2.05) is 12.1 Å². The smallest absolute Gasteiger partial charge is 0.375 e. The van der Waals surface area contributed by atoms with Crippen LogP contribution >= 0.6 is 7.60 Å². The van der Waals surface area contributed by atoms with Gasteiger partial charge in [0, 0.05) is 11.1 Å². The van der Waals surface area contributed by atoms with Crippen LogP contribution in [0, 0.1) is 0 Å². The number of amides is 1. The molecule has 14 heteroatoms. The first kappa shape index (κ1) is 26.1. The topological polar surface area (TPSA) is 148 Å². The van der Waals surface area contributed by atoms with E-state index in [1.165, 1.54) is 15.7 Å². The van der Waals surface area contributed by atoms with E-state index in [2.05, 4.69) is 31.0 Å². The predicted molar refractivity (Wildman–Crippen MR) is 133 cm³/mol. The highest BCUT2D eigenvalue weighted by molar-refractivity contribution is 7.53. The summed E-state index contributed by atoms with van der Waals surface area (Å²) >= 11 is 0. The molecule has 0 saturated heterocycles. The third-order valence-electron chi connectivity index (χ3n) is 5.20. The van der Waals surface area contributed by atoms with Gasteiger partial charge in [-0.15, -0.1) is 15.3 Å². The Bertz CT molecular complexity index is 1350. The summed E-state index contributed by atoms with van der Waals surface area (Å²) in [5.74, 6) is -0.651. The van der Waals surface area contributed by atoms with E-state index in [0.717, 1.165) is 5.56 Å². The molecule has 2 aromatic carbocycles. The molecule has 0 aliphatic carbocycles. The third kappa shape index (κ3) is 6.08. The molecule has 1 amide bonds. The highest BCUT2D eigenvalue weighted by Crippen LogP contribution is 2.57. The molecule has 194 valence electrons. The number of carbonyl (C=O) groups excluding carboxylic acids is 1. The lowest BCUT2D eigenvalue weighted by molar-refractivity contribution is 0.0916. The van der Waals surface area contributed by atoms with E-state index in [9.17, 15) is 9.36 Å². The Morgan fingerprint density at radius 2 is 1.73 bits per heavy atom. The van der Waals surface area contributed by atoms with E-state index >= 15 is 0 Å². The van der Waals surface area contributed by atoms with Crippen molar-refractivity contribution in [3.05, 3.63) is 72.1 Å². The van der Waals surface area contributed by atoms with Gasteiger partial charge in [-0.3, -0.25) is 9.36 Å². The van der Waals surface area contributed by atoms with E-state index in [0.29, 0.717) is 22.8 Å². The van der Waals surface area contributed by atoms with Gasteiger partial charge in [-0.05, 0) is 55.5 Å². The van der Waals surface area contributed by atoms with Gasteiger partial charge in [-0.2, -0.15) is 4.80 Å². The fourth-order valence-corrected chi connectivity index (χ4v) is 5.31. The molecular weight excluding hydrogens is 499 g/mol. The quantitative estimate of drug-likeness (QED) is 0.273. The Morgan fingerprint density at radius 1 is 1.03 bits per heavy atom. The van der Waals surface area contributed by atoms with Crippen LogP contribution < -0.4 is 10.1 Å².